The molecule has 0 saturated carbocycles. The minimum Gasteiger partial charge on any atom is -0.242 e. The summed E-state index contributed by atoms with van der Waals surface area (Å²) in [7, 11) is 0. The maximum absolute atomic E-state index is 9.35. The molecule has 0 N–H and O–H groups in total. The summed E-state index contributed by atoms with van der Waals surface area (Å²) in [5.74, 6) is 0. The Bertz CT molecular complexity index is 823. The highest BCUT2D eigenvalue weighted by Gasteiger charge is 2.09. The minimum absolute atomic E-state index is 0.549. The van der Waals surface area contributed by atoms with Crippen LogP contribution in [0, 0.1) is 18.3 Å². The van der Waals surface area contributed by atoms with Crippen LogP contribution >= 0.6 is 22.7 Å². The van der Waals surface area contributed by atoms with Crippen molar-refractivity contribution >= 4 is 34.3 Å². The molecular formula is C16H11N3S2. The summed E-state index contributed by atoms with van der Waals surface area (Å²) < 4.78 is 0. The average molecular weight is 309 g/mol. The number of nitriles is 1. The number of thiazole rings is 2. The van der Waals surface area contributed by atoms with Gasteiger partial charge in [-0.2, -0.15) is 5.26 Å². The van der Waals surface area contributed by atoms with Crippen LogP contribution in [0.1, 0.15) is 15.7 Å². The van der Waals surface area contributed by atoms with E-state index in [9.17, 15) is 5.26 Å². The molecule has 0 aliphatic carbocycles. The first-order valence-corrected chi connectivity index (χ1v) is 8.07. The summed E-state index contributed by atoms with van der Waals surface area (Å²) in [5.41, 5.74) is 3.31. The number of hydrogen-bond donors (Lipinski definition) is 0. The lowest BCUT2D eigenvalue weighted by atomic mass is 10.2. The van der Waals surface area contributed by atoms with Crippen LogP contribution in [0.15, 0.2) is 41.1 Å². The van der Waals surface area contributed by atoms with Crippen molar-refractivity contribution in [2.75, 3.05) is 0 Å². The summed E-state index contributed by atoms with van der Waals surface area (Å²) in [6, 6.07) is 12.2. The van der Waals surface area contributed by atoms with Crippen LogP contribution in [0.5, 0.6) is 0 Å². The highest BCUT2D eigenvalue weighted by Crippen LogP contribution is 2.27. The molecule has 0 amide bonds. The van der Waals surface area contributed by atoms with Gasteiger partial charge in [0.05, 0.1) is 22.0 Å². The van der Waals surface area contributed by atoms with Crippen LogP contribution in [0.2, 0.25) is 0 Å². The summed E-state index contributed by atoms with van der Waals surface area (Å²) in [4.78, 5) is 8.91. The van der Waals surface area contributed by atoms with Gasteiger partial charge in [0.25, 0.3) is 0 Å². The molecule has 3 nitrogen and oxygen atoms in total. The van der Waals surface area contributed by atoms with Crippen LogP contribution in [0.4, 0.5) is 0 Å². The van der Waals surface area contributed by atoms with Gasteiger partial charge in [0.2, 0.25) is 0 Å². The topological polar surface area (TPSA) is 49.6 Å². The molecule has 0 radical (unpaired) electrons. The van der Waals surface area contributed by atoms with Crippen molar-refractivity contribution in [3.8, 4) is 17.3 Å². The predicted octanol–water partition coefficient (Wildman–Crippen LogP) is 4.64. The van der Waals surface area contributed by atoms with Gasteiger partial charge < -0.3 is 0 Å². The number of allylic oxidation sites excluding steroid dienone is 1. The molecule has 0 unspecified atom stereocenters. The van der Waals surface area contributed by atoms with Gasteiger partial charge in [0, 0.05) is 16.3 Å². The molecule has 2 aromatic heterocycles. The second kappa shape index (κ2) is 6.00. The molecular weight excluding hydrogens is 298 g/mol. The lowest BCUT2D eigenvalue weighted by molar-refractivity contribution is 1.27. The third kappa shape index (κ3) is 3.07. The number of benzene rings is 1. The molecule has 0 spiro atoms. The zero-order valence-electron chi connectivity index (χ0n) is 11.3. The van der Waals surface area contributed by atoms with Crippen LogP contribution in [-0.4, -0.2) is 9.97 Å². The summed E-state index contributed by atoms with van der Waals surface area (Å²) in [5, 5.41) is 15.0. The van der Waals surface area contributed by atoms with Crippen molar-refractivity contribution in [3.63, 3.8) is 0 Å². The lowest BCUT2D eigenvalue weighted by Gasteiger charge is -1.94. The largest absolute Gasteiger partial charge is 0.242 e. The number of aromatic nitrogens is 2. The Labute approximate surface area is 130 Å². The molecule has 0 bridgehead atoms. The SMILES string of the molecule is Cc1nc(/C=C(\C#N)c2nc(-c3ccccc3)cs2)cs1. The van der Waals surface area contributed by atoms with Crippen LogP contribution < -0.4 is 0 Å². The fraction of sp³-hybridized carbons (Fsp3) is 0.0625. The van der Waals surface area contributed by atoms with Crippen molar-refractivity contribution in [2.24, 2.45) is 0 Å². The van der Waals surface area contributed by atoms with Gasteiger partial charge in [-0.25, -0.2) is 9.97 Å². The number of aryl methyl sites for hydroxylation is 1. The van der Waals surface area contributed by atoms with Crippen molar-refractivity contribution in [1.82, 2.24) is 9.97 Å². The van der Waals surface area contributed by atoms with Gasteiger partial charge in [-0.15, -0.1) is 22.7 Å². The van der Waals surface area contributed by atoms with E-state index in [0.29, 0.717) is 5.57 Å². The molecule has 0 aliphatic rings. The first-order chi connectivity index (χ1) is 10.3. The zero-order chi connectivity index (χ0) is 14.7. The molecule has 0 saturated heterocycles. The monoisotopic (exact) mass is 309 g/mol. The van der Waals surface area contributed by atoms with Crippen LogP contribution in [-0.2, 0) is 0 Å². The van der Waals surface area contributed by atoms with Crippen molar-refractivity contribution < 1.29 is 0 Å². The maximum Gasteiger partial charge on any atom is 0.134 e. The molecule has 5 heteroatoms. The van der Waals surface area contributed by atoms with E-state index in [-0.39, 0.29) is 0 Å². The Morgan fingerprint density at radius 1 is 1.14 bits per heavy atom. The Morgan fingerprint density at radius 2 is 1.95 bits per heavy atom. The highest BCUT2D eigenvalue weighted by molar-refractivity contribution is 7.11. The maximum atomic E-state index is 9.35. The van der Waals surface area contributed by atoms with Crippen LogP contribution in [0.25, 0.3) is 22.9 Å². The van der Waals surface area contributed by atoms with Crippen molar-refractivity contribution in [1.29, 1.82) is 5.26 Å². The molecule has 3 rings (SSSR count). The molecule has 0 atom stereocenters. The number of hydrogen-bond acceptors (Lipinski definition) is 5. The van der Waals surface area contributed by atoms with E-state index in [0.717, 1.165) is 27.0 Å². The summed E-state index contributed by atoms with van der Waals surface area (Å²) in [6.07, 6.45) is 1.79. The zero-order valence-corrected chi connectivity index (χ0v) is 12.9. The molecule has 0 fully saturated rings. The Balaban J connectivity index is 1.95. The summed E-state index contributed by atoms with van der Waals surface area (Å²) >= 11 is 3.05. The third-order valence-electron chi connectivity index (χ3n) is 2.85. The van der Waals surface area contributed by atoms with Gasteiger partial charge >= 0.3 is 0 Å². The first-order valence-electron chi connectivity index (χ1n) is 6.31. The highest BCUT2D eigenvalue weighted by atomic mass is 32.1. The second-order valence-electron chi connectivity index (χ2n) is 4.37. The molecule has 0 aliphatic heterocycles. The number of nitrogens with zero attached hydrogens (tertiary/aromatic N) is 3. The van der Waals surface area contributed by atoms with E-state index in [1.54, 1.807) is 17.4 Å². The fourth-order valence-corrected chi connectivity index (χ4v) is 3.24. The average Bonchev–Trinajstić information content (AvgIpc) is 3.15. The standard InChI is InChI=1S/C16H11N3S2/c1-11-18-14(9-20-11)7-13(8-17)16-19-15(10-21-16)12-5-3-2-4-6-12/h2-7,9-10H,1H3/b13-7+. The molecule has 102 valence electrons. The summed E-state index contributed by atoms with van der Waals surface area (Å²) in [6.45, 7) is 1.95. The van der Waals surface area contributed by atoms with Gasteiger partial charge in [-0.05, 0) is 13.0 Å². The van der Waals surface area contributed by atoms with Gasteiger partial charge in [0.15, 0.2) is 0 Å². The normalized spacial score (nSPS) is 11.3. The fourth-order valence-electron chi connectivity index (χ4n) is 1.88. The van der Waals surface area contributed by atoms with Gasteiger partial charge in [-0.1, -0.05) is 30.3 Å². The van der Waals surface area contributed by atoms with Crippen LogP contribution in [0.3, 0.4) is 0 Å². The molecule has 1 aromatic carbocycles. The molecule has 2 heterocycles. The molecule has 21 heavy (non-hydrogen) atoms. The van der Waals surface area contributed by atoms with Crippen molar-refractivity contribution in [2.45, 2.75) is 6.92 Å². The van der Waals surface area contributed by atoms with E-state index in [2.05, 4.69) is 16.0 Å². The first kappa shape index (κ1) is 13.7. The Kier molecular flexibility index (Phi) is 3.91. The minimum atomic E-state index is 0.549. The van der Waals surface area contributed by atoms with E-state index >= 15 is 0 Å². The Morgan fingerprint density at radius 3 is 2.62 bits per heavy atom. The lowest BCUT2D eigenvalue weighted by Crippen LogP contribution is -1.83. The quantitative estimate of drug-likeness (QED) is 0.662. The predicted molar refractivity (Wildman–Crippen MR) is 87.9 cm³/mol. The number of rotatable bonds is 3. The molecule has 3 aromatic rings. The van der Waals surface area contributed by atoms with Gasteiger partial charge in [0.1, 0.15) is 11.1 Å². The third-order valence-corrected chi connectivity index (χ3v) is 4.52. The van der Waals surface area contributed by atoms with Crippen molar-refractivity contribution in [3.05, 3.63) is 56.8 Å². The van der Waals surface area contributed by atoms with E-state index in [1.165, 1.54) is 11.3 Å². The van der Waals surface area contributed by atoms with E-state index < -0.39 is 0 Å². The smallest absolute Gasteiger partial charge is 0.134 e. The Hall–Kier alpha value is -2.29. The second-order valence-corrected chi connectivity index (χ2v) is 6.29. The van der Waals surface area contributed by atoms with E-state index in [4.69, 9.17) is 0 Å². The van der Waals surface area contributed by atoms with Gasteiger partial charge in [-0.3, -0.25) is 0 Å². The van der Waals surface area contributed by atoms with E-state index in [1.807, 2.05) is 48.0 Å².